The summed E-state index contributed by atoms with van der Waals surface area (Å²) in [5, 5.41) is 6.22. The van der Waals surface area contributed by atoms with Gasteiger partial charge in [0.1, 0.15) is 6.17 Å². The molecule has 2 aromatic rings. The molecule has 0 bridgehead atoms. The van der Waals surface area contributed by atoms with Crippen LogP contribution in [0.15, 0.2) is 36.4 Å². The fraction of sp³-hybridized carbons (Fsp3) is 0.235. The molecule has 0 saturated carbocycles. The van der Waals surface area contributed by atoms with Gasteiger partial charge in [-0.05, 0) is 24.3 Å². The highest BCUT2D eigenvalue weighted by Gasteiger charge is 2.28. The zero-order valence-corrected chi connectivity index (χ0v) is 13.2. The minimum absolute atomic E-state index is 0.138. The first-order chi connectivity index (χ1) is 11.2. The van der Waals surface area contributed by atoms with Crippen molar-refractivity contribution in [3.63, 3.8) is 0 Å². The molecular formula is C17H18N2O4. The average Bonchev–Trinajstić information content (AvgIpc) is 2.60. The Morgan fingerprint density at radius 3 is 2.30 bits per heavy atom. The third-order valence-corrected chi connectivity index (χ3v) is 3.79. The van der Waals surface area contributed by atoms with Crippen molar-refractivity contribution in [2.24, 2.45) is 0 Å². The average molecular weight is 314 g/mol. The van der Waals surface area contributed by atoms with Crippen LogP contribution in [-0.4, -0.2) is 27.2 Å². The van der Waals surface area contributed by atoms with Crippen molar-refractivity contribution in [1.29, 1.82) is 0 Å². The number of methoxy groups -OCH3 is 3. The number of rotatable bonds is 4. The fourth-order valence-electron chi connectivity index (χ4n) is 2.71. The molecule has 1 amide bonds. The molecule has 3 rings (SSSR count). The van der Waals surface area contributed by atoms with Crippen molar-refractivity contribution in [3.05, 3.63) is 47.5 Å². The molecule has 1 aliphatic rings. The molecule has 6 nitrogen and oxygen atoms in total. The zero-order valence-electron chi connectivity index (χ0n) is 13.2. The van der Waals surface area contributed by atoms with Crippen LogP contribution in [0.1, 0.15) is 22.1 Å². The van der Waals surface area contributed by atoms with E-state index in [2.05, 4.69) is 10.6 Å². The van der Waals surface area contributed by atoms with E-state index in [9.17, 15) is 4.79 Å². The second-order valence-corrected chi connectivity index (χ2v) is 5.02. The molecule has 0 spiro atoms. The number of hydrogen-bond donors (Lipinski definition) is 2. The van der Waals surface area contributed by atoms with E-state index in [0.717, 1.165) is 11.3 Å². The number of ether oxygens (including phenoxy) is 3. The summed E-state index contributed by atoms with van der Waals surface area (Å²) in [5.74, 6) is 1.43. The summed E-state index contributed by atoms with van der Waals surface area (Å²) < 4.78 is 16.2. The third-order valence-electron chi connectivity index (χ3n) is 3.79. The molecule has 0 aromatic heterocycles. The maximum absolute atomic E-state index is 12.3. The zero-order chi connectivity index (χ0) is 16.4. The number of carbonyl (C=O) groups is 1. The van der Waals surface area contributed by atoms with Crippen LogP contribution < -0.4 is 24.8 Å². The maximum Gasteiger partial charge on any atom is 0.255 e. The lowest BCUT2D eigenvalue weighted by atomic mass is 10.0. The number of nitrogens with one attached hydrogen (secondary N) is 2. The summed E-state index contributed by atoms with van der Waals surface area (Å²) in [6, 6.07) is 11.0. The number of fused-ring (bicyclic) bond motifs is 1. The first-order valence-electron chi connectivity index (χ1n) is 7.15. The molecule has 6 heteroatoms. The Balaban J connectivity index is 2.05. The minimum Gasteiger partial charge on any atom is -0.493 e. The lowest BCUT2D eigenvalue weighted by Gasteiger charge is -2.29. The van der Waals surface area contributed by atoms with Gasteiger partial charge < -0.3 is 24.8 Å². The molecule has 0 aliphatic carbocycles. The van der Waals surface area contributed by atoms with Gasteiger partial charge in [-0.25, -0.2) is 0 Å². The summed E-state index contributed by atoms with van der Waals surface area (Å²) in [4.78, 5) is 12.3. The minimum atomic E-state index is -0.424. The molecule has 23 heavy (non-hydrogen) atoms. The van der Waals surface area contributed by atoms with Crippen molar-refractivity contribution in [2.45, 2.75) is 6.17 Å². The van der Waals surface area contributed by atoms with E-state index in [1.54, 1.807) is 33.5 Å². The van der Waals surface area contributed by atoms with Crippen LogP contribution in [0.25, 0.3) is 0 Å². The van der Waals surface area contributed by atoms with E-state index in [4.69, 9.17) is 14.2 Å². The molecule has 1 aliphatic heterocycles. The predicted molar refractivity (Wildman–Crippen MR) is 86.4 cm³/mol. The Morgan fingerprint density at radius 2 is 1.61 bits per heavy atom. The van der Waals surface area contributed by atoms with Crippen molar-refractivity contribution in [3.8, 4) is 17.2 Å². The van der Waals surface area contributed by atoms with Gasteiger partial charge in [-0.1, -0.05) is 12.1 Å². The third kappa shape index (κ3) is 2.52. The SMILES string of the molecule is COc1ccc([C@H]2NC(=O)c3ccccc3N2)c(OC)c1OC. The largest absolute Gasteiger partial charge is 0.493 e. The Morgan fingerprint density at radius 1 is 0.870 bits per heavy atom. The van der Waals surface area contributed by atoms with Crippen LogP contribution in [-0.2, 0) is 0 Å². The number of benzene rings is 2. The standard InChI is InChI=1S/C17H18N2O4/c1-21-13-9-8-11(14(22-2)15(13)23-3)16-18-12-7-5-4-6-10(12)17(20)19-16/h4-9,16,18H,1-3H3,(H,19,20)/t16-/m1/s1. The molecule has 1 atom stereocenters. The van der Waals surface area contributed by atoms with Gasteiger partial charge in [0.15, 0.2) is 11.5 Å². The Kier molecular flexibility index (Phi) is 3.97. The first kappa shape index (κ1) is 15.0. The van der Waals surface area contributed by atoms with Crippen LogP contribution in [0, 0.1) is 0 Å². The van der Waals surface area contributed by atoms with Gasteiger partial charge in [0.05, 0.1) is 26.9 Å². The van der Waals surface area contributed by atoms with Gasteiger partial charge in [-0.2, -0.15) is 0 Å². The highest BCUT2D eigenvalue weighted by atomic mass is 16.5. The van der Waals surface area contributed by atoms with Gasteiger partial charge in [0.25, 0.3) is 5.91 Å². The van der Waals surface area contributed by atoms with Gasteiger partial charge >= 0.3 is 0 Å². The molecule has 120 valence electrons. The number of para-hydroxylation sites is 1. The van der Waals surface area contributed by atoms with Crippen LogP contribution in [0.5, 0.6) is 17.2 Å². The van der Waals surface area contributed by atoms with Gasteiger partial charge in [0, 0.05) is 11.3 Å². The van der Waals surface area contributed by atoms with Crippen molar-refractivity contribution < 1.29 is 19.0 Å². The molecule has 1 heterocycles. The van der Waals surface area contributed by atoms with Gasteiger partial charge in [0.2, 0.25) is 5.75 Å². The van der Waals surface area contributed by atoms with E-state index in [1.165, 1.54) is 0 Å². The van der Waals surface area contributed by atoms with Gasteiger partial charge in [-0.15, -0.1) is 0 Å². The van der Waals surface area contributed by atoms with Crippen LogP contribution >= 0.6 is 0 Å². The van der Waals surface area contributed by atoms with Crippen molar-refractivity contribution in [1.82, 2.24) is 5.32 Å². The molecule has 0 saturated heterocycles. The monoisotopic (exact) mass is 314 g/mol. The molecule has 2 aromatic carbocycles. The van der Waals surface area contributed by atoms with Crippen molar-refractivity contribution >= 4 is 11.6 Å². The number of amides is 1. The number of hydrogen-bond acceptors (Lipinski definition) is 5. The second kappa shape index (κ2) is 6.08. The quantitative estimate of drug-likeness (QED) is 0.908. The maximum atomic E-state index is 12.3. The van der Waals surface area contributed by atoms with E-state index in [1.807, 2.05) is 24.3 Å². The highest BCUT2D eigenvalue weighted by Crippen LogP contribution is 2.43. The molecule has 0 radical (unpaired) electrons. The lowest BCUT2D eigenvalue weighted by molar-refractivity contribution is 0.0935. The normalized spacial score (nSPS) is 16.0. The Bertz CT molecular complexity index is 745. The highest BCUT2D eigenvalue weighted by molar-refractivity contribution is 6.01. The van der Waals surface area contributed by atoms with Crippen LogP contribution in [0.3, 0.4) is 0 Å². The molecule has 2 N–H and O–H groups in total. The topological polar surface area (TPSA) is 68.8 Å². The molecule has 0 fully saturated rings. The van der Waals surface area contributed by atoms with Gasteiger partial charge in [-0.3, -0.25) is 4.79 Å². The van der Waals surface area contributed by atoms with E-state index < -0.39 is 6.17 Å². The molecule has 0 unspecified atom stereocenters. The van der Waals surface area contributed by atoms with E-state index >= 15 is 0 Å². The summed E-state index contributed by atoms with van der Waals surface area (Å²) in [5.41, 5.74) is 2.15. The van der Waals surface area contributed by atoms with Crippen LogP contribution in [0.2, 0.25) is 0 Å². The smallest absolute Gasteiger partial charge is 0.255 e. The Hall–Kier alpha value is -2.89. The van der Waals surface area contributed by atoms with E-state index in [-0.39, 0.29) is 5.91 Å². The number of carbonyl (C=O) groups excluding carboxylic acids is 1. The summed E-state index contributed by atoms with van der Waals surface area (Å²) in [6.07, 6.45) is -0.424. The summed E-state index contributed by atoms with van der Waals surface area (Å²) in [7, 11) is 4.67. The lowest BCUT2D eigenvalue weighted by Crippen LogP contribution is -2.38. The van der Waals surface area contributed by atoms with Crippen LogP contribution in [0.4, 0.5) is 5.69 Å². The van der Waals surface area contributed by atoms with Crippen molar-refractivity contribution in [2.75, 3.05) is 26.6 Å². The summed E-state index contributed by atoms with van der Waals surface area (Å²) in [6.45, 7) is 0. The van der Waals surface area contributed by atoms with E-state index in [0.29, 0.717) is 22.8 Å². The fourth-order valence-corrected chi connectivity index (χ4v) is 2.71. The second-order valence-electron chi connectivity index (χ2n) is 5.02. The summed E-state index contributed by atoms with van der Waals surface area (Å²) >= 11 is 0. The molecular weight excluding hydrogens is 296 g/mol. The Labute approximate surface area is 134 Å². The number of anilines is 1. The predicted octanol–water partition coefficient (Wildman–Crippen LogP) is 2.57. The first-order valence-corrected chi connectivity index (χ1v) is 7.15.